The summed E-state index contributed by atoms with van der Waals surface area (Å²) in [6.07, 6.45) is 0.725. The molecule has 0 spiro atoms. The molecule has 1 unspecified atom stereocenters. The first-order valence-electron chi connectivity index (χ1n) is 16.7. The van der Waals surface area contributed by atoms with Crippen LogP contribution < -0.4 is 21.3 Å². The third kappa shape index (κ3) is 8.66. The van der Waals surface area contributed by atoms with Crippen LogP contribution in [0.5, 0.6) is 0 Å². The standard InChI is InChI=1S/C38H46N6O5/c1-23(2)32(43-37(48)49-38(3,4)5)35(46)40-27-16-14-24(15-17-27)30-22-26-21-28(18-19-29(26)42-30)41-34(45)31-13-10-20-44(31)36(47)33(39-6)25-11-8-7-9-12-25/h7-9,11-12,14-19,21-23,31-33,39,42H,10,13,20H2,1-6H3,(H,40,46)(H,41,45)(H,43,48)/t31-,32?,33+/m0/s1. The van der Waals surface area contributed by atoms with Gasteiger partial charge in [0.1, 0.15) is 23.7 Å². The van der Waals surface area contributed by atoms with Gasteiger partial charge in [-0.05, 0) is 94.1 Å². The molecule has 11 heteroatoms. The fourth-order valence-corrected chi connectivity index (χ4v) is 6.06. The number of nitrogens with one attached hydrogen (secondary N) is 5. The summed E-state index contributed by atoms with van der Waals surface area (Å²) in [5.74, 6) is -0.808. The van der Waals surface area contributed by atoms with Crippen LogP contribution in [0.15, 0.2) is 78.9 Å². The van der Waals surface area contributed by atoms with E-state index in [2.05, 4.69) is 26.3 Å². The third-order valence-electron chi connectivity index (χ3n) is 8.48. The fraction of sp³-hybridized carbons (Fsp3) is 0.368. The number of benzene rings is 3. The first-order valence-corrected chi connectivity index (χ1v) is 16.7. The number of fused-ring (bicyclic) bond motifs is 1. The average molecular weight is 667 g/mol. The topological polar surface area (TPSA) is 145 Å². The van der Waals surface area contributed by atoms with E-state index in [-0.39, 0.29) is 23.6 Å². The average Bonchev–Trinajstić information content (AvgIpc) is 3.72. The number of nitrogens with zero attached hydrogens (tertiary/aromatic N) is 1. The summed E-state index contributed by atoms with van der Waals surface area (Å²) in [7, 11) is 1.75. The van der Waals surface area contributed by atoms with E-state index in [1.165, 1.54) is 0 Å². The van der Waals surface area contributed by atoms with E-state index in [0.717, 1.165) is 34.1 Å². The van der Waals surface area contributed by atoms with Gasteiger partial charge in [0.2, 0.25) is 17.7 Å². The van der Waals surface area contributed by atoms with Crippen LogP contribution >= 0.6 is 0 Å². The van der Waals surface area contributed by atoms with Gasteiger partial charge in [0, 0.05) is 34.5 Å². The lowest BCUT2D eigenvalue weighted by molar-refractivity contribution is -0.138. The summed E-state index contributed by atoms with van der Waals surface area (Å²) < 4.78 is 5.33. The Bertz CT molecular complexity index is 1790. The summed E-state index contributed by atoms with van der Waals surface area (Å²) in [5, 5.41) is 12.6. The highest BCUT2D eigenvalue weighted by Gasteiger charge is 2.37. The largest absolute Gasteiger partial charge is 0.444 e. The molecule has 1 aliphatic heterocycles. The highest BCUT2D eigenvalue weighted by Crippen LogP contribution is 2.29. The Morgan fingerprint density at radius 2 is 1.59 bits per heavy atom. The number of carbonyl (C=O) groups is 4. The van der Waals surface area contributed by atoms with Crippen LogP contribution in [0.1, 0.15) is 59.1 Å². The Balaban J connectivity index is 1.23. The van der Waals surface area contributed by atoms with Crippen molar-refractivity contribution in [2.45, 2.75) is 71.2 Å². The number of amides is 4. The van der Waals surface area contributed by atoms with E-state index >= 15 is 0 Å². The SMILES string of the molecule is CN[C@@H](C(=O)N1CCC[C@H]1C(=O)Nc1ccc2[nH]c(-c3ccc(NC(=O)C(NC(=O)OC(C)(C)C)C(C)C)cc3)cc2c1)c1ccccc1. The molecule has 49 heavy (non-hydrogen) atoms. The van der Waals surface area contributed by atoms with Crippen LogP contribution in [0.4, 0.5) is 16.2 Å². The normalized spacial score (nSPS) is 15.9. The first-order chi connectivity index (χ1) is 23.3. The van der Waals surface area contributed by atoms with E-state index in [4.69, 9.17) is 4.74 Å². The number of anilines is 2. The van der Waals surface area contributed by atoms with Crippen LogP contribution in [0.2, 0.25) is 0 Å². The van der Waals surface area contributed by atoms with Gasteiger partial charge >= 0.3 is 6.09 Å². The van der Waals surface area contributed by atoms with Crippen molar-refractivity contribution in [3.63, 3.8) is 0 Å². The summed E-state index contributed by atoms with van der Waals surface area (Å²) in [4.78, 5) is 57.4. The van der Waals surface area contributed by atoms with Crippen molar-refractivity contribution in [1.29, 1.82) is 0 Å². The molecule has 4 amide bonds. The van der Waals surface area contributed by atoms with Crippen molar-refractivity contribution in [2.75, 3.05) is 24.2 Å². The van der Waals surface area contributed by atoms with E-state index in [1.807, 2.05) is 80.6 Å². The molecule has 11 nitrogen and oxygen atoms in total. The molecule has 0 aliphatic carbocycles. The summed E-state index contributed by atoms with van der Waals surface area (Å²) in [6, 6.07) is 22.8. The predicted octanol–water partition coefficient (Wildman–Crippen LogP) is 6.21. The number of likely N-dealkylation sites (N-methyl/N-ethyl adjacent to an activating group) is 1. The van der Waals surface area contributed by atoms with E-state index in [1.54, 1.807) is 44.9 Å². The molecular formula is C38H46N6O5. The molecule has 5 rings (SSSR count). The molecule has 1 aromatic heterocycles. The monoisotopic (exact) mass is 666 g/mol. The molecule has 0 saturated carbocycles. The molecule has 0 radical (unpaired) electrons. The van der Waals surface area contributed by atoms with Crippen molar-refractivity contribution in [3.05, 3.63) is 84.4 Å². The Kier molecular flexibility index (Phi) is 10.7. The smallest absolute Gasteiger partial charge is 0.408 e. The number of likely N-dealkylation sites (tertiary alicyclic amines) is 1. The fourth-order valence-electron chi connectivity index (χ4n) is 6.06. The molecule has 3 aromatic carbocycles. The number of hydrogen-bond donors (Lipinski definition) is 5. The van der Waals surface area contributed by atoms with Crippen LogP contribution in [0.25, 0.3) is 22.2 Å². The van der Waals surface area contributed by atoms with Gasteiger partial charge in [0.05, 0.1) is 0 Å². The predicted molar refractivity (Wildman–Crippen MR) is 192 cm³/mol. The van der Waals surface area contributed by atoms with Crippen LogP contribution in [0, 0.1) is 5.92 Å². The highest BCUT2D eigenvalue weighted by molar-refractivity contribution is 6.00. The third-order valence-corrected chi connectivity index (χ3v) is 8.48. The van der Waals surface area contributed by atoms with Gasteiger partial charge in [-0.2, -0.15) is 0 Å². The van der Waals surface area contributed by atoms with Crippen molar-refractivity contribution in [1.82, 2.24) is 20.5 Å². The molecule has 3 atom stereocenters. The quantitative estimate of drug-likeness (QED) is 0.136. The first kappa shape index (κ1) is 35.2. The zero-order valence-corrected chi connectivity index (χ0v) is 28.9. The minimum absolute atomic E-state index is 0.111. The maximum Gasteiger partial charge on any atom is 0.408 e. The van der Waals surface area contributed by atoms with Gasteiger partial charge < -0.3 is 35.9 Å². The Hall–Kier alpha value is -5.16. The molecular weight excluding hydrogens is 620 g/mol. The second-order valence-electron chi connectivity index (χ2n) is 13.7. The second-order valence-corrected chi connectivity index (χ2v) is 13.7. The highest BCUT2D eigenvalue weighted by atomic mass is 16.6. The molecule has 1 fully saturated rings. The maximum absolute atomic E-state index is 13.5. The van der Waals surface area contributed by atoms with Crippen molar-refractivity contribution < 1.29 is 23.9 Å². The molecule has 0 bridgehead atoms. The number of H-pyrrole nitrogens is 1. The second kappa shape index (κ2) is 14.9. The number of aromatic nitrogens is 1. The lowest BCUT2D eigenvalue weighted by atomic mass is 10.0. The lowest BCUT2D eigenvalue weighted by Crippen LogP contribution is -2.48. The number of rotatable bonds is 10. The van der Waals surface area contributed by atoms with Crippen molar-refractivity contribution in [3.8, 4) is 11.3 Å². The number of ether oxygens (including phenoxy) is 1. The number of carbonyl (C=O) groups excluding carboxylic acids is 4. The zero-order valence-electron chi connectivity index (χ0n) is 28.9. The maximum atomic E-state index is 13.5. The van der Waals surface area contributed by atoms with Crippen molar-refractivity contribution in [2.24, 2.45) is 5.92 Å². The van der Waals surface area contributed by atoms with Crippen LogP contribution in [-0.2, 0) is 19.1 Å². The Morgan fingerprint density at radius 3 is 2.24 bits per heavy atom. The summed E-state index contributed by atoms with van der Waals surface area (Å²) in [6.45, 7) is 9.55. The van der Waals surface area contributed by atoms with Gasteiger partial charge in [0.25, 0.3) is 0 Å². The lowest BCUT2D eigenvalue weighted by Gasteiger charge is -2.28. The molecule has 1 aliphatic rings. The van der Waals surface area contributed by atoms with E-state index in [9.17, 15) is 19.2 Å². The summed E-state index contributed by atoms with van der Waals surface area (Å²) in [5.41, 5.74) is 4.11. The minimum atomic E-state index is -0.769. The molecule has 4 aromatic rings. The molecule has 1 saturated heterocycles. The van der Waals surface area contributed by atoms with Crippen LogP contribution in [0.3, 0.4) is 0 Å². The van der Waals surface area contributed by atoms with E-state index in [0.29, 0.717) is 24.3 Å². The van der Waals surface area contributed by atoms with E-state index < -0.39 is 29.8 Å². The number of aromatic amines is 1. The number of hydrogen-bond acceptors (Lipinski definition) is 6. The molecule has 2 heterocycles. The van der Waals surface area contributed by atoms with Gasteiger partial charge in [-0.3, -0.25) is 14.4 Å². The van der Waals surface area contributed by atoms with Gasteiger partial charge in [-0.15, -0.1) is 0 Å². The Morgan fingerprint density at radius 1 is 0.898 bits per heavy atom. The molecule has 258 valence electrons. The minimum Gasteiger partial charge on any atom is -0.444 e. The van der Waals surface area contributed by atoms with Crippen molar-refractivity contribution >= 4 is 46.1 Å². The number of alkyl carbamates (subject to hydrolysis) is 1. The van der Waals surface area contributed by atoms with Crippen LogP contribution in [-0.4, -0.2) is 65.0 Å². The van der Waals surface area contributed by atoms with Gasteiger partial charge in [-0.1, -0.05) is 56.3 Å². The van der Waals surface area contributed by atoms with Gasteiger partial charge in [-0.25, -0.2) is 4.79 Å². The Labute approximate surface area is 287 Å². The molecule has 5 N–H and O–H groups in total. The summed E-state index contributed by atoms with van der Waals surface area (Å²) >= 11 is 0. The zero-order chi connectivity index (χ0) is 35.3. The van der Waals surface area contributed by atoms with Gasteiger partial charge in [0.15, 0.2) is 0 Å².